The molecule has 3 aliphatic heterocycles. The van der Waals surface area contributed by atoms with Crippen LogP contribution in [0.25, 0.3) is 11.3 Å². The molecule has 210 valence electrons. The van der Waals surface area contributed by atoms with Crippen LogP contribution in [-0.4, -0.2) is 78.5 Å². The quantitative estimate of drug-likeness (QED) is 0.443. The normalized spacial score (nSPS) is 24.0. The van der Waals surface area contributed by atoms with Gasteiger partial charge in [0.25, 0.3) is 0 Å². The molecule has 1 spiro atoms. The van der Waals surface area contributed by atoms with E-state index < -0.39 is 30.5 Å². The number of benzene rings is 1. The third kappa shape index (κ3) is 5.45. The molecule has 2 atom stereocenters. The average Bonchev–Trinajstić information content (AvgIpc) is 3.64. The number of hydrogen-bond donors (Lipinski definition) is 3. The molecule has 2 amide bonds. The topological polar surface area (TPSA) is 117 Å². The molecule has 0 bridgehead atoms. The molecule has 0 aliphatic carbocycles. The number of thioether (sulfide) groups is 2. The van der Waals surface area contributed by atoms with E-state index in [9.17, 15) is 14.7 Å². The molecule has 4 heterocycles. The highest BCUT2D eigenvalue weighted by molar-refractivity contribution is 8.21. The maximum atomic E-state index is 13.7. The van der Waals surface area contributed by atoms with Gasteiger partial charge in [-0.3, -0.25) is 4.79 Å². The SMILES string of the molecule is CC(C)C(NC(=O)O)C(=O)N1CC2(CC1c1ncc(-c3ccc(B4OC(C)(C)C(C)(C)O4)cc3)[nH]1)SCCS2. The fourth-order valence-electron chi connectivity index (χ4n) is 5.30. The molecule has 0 radical (unpaired) electrons. The Morgan fingerprint density at radius 3 is 2.31 bits per heavy atom. The second kappa shape index (κ2) is 10.4. The fraction of sp³-hybridized carbons (Fsp3) is 0.593. The summed E-state index contributed by atoms with van der Waals surface area (Å²) in [5.41, 5.74) is 1.97. The van der Waals surface area contributed by atoms with Gasteiger partial charge in [0.2, 0.25) is 5.91 Å². The van der Waals surface area contributed by atoms with E-state index in [0.717, 1.165) is 40.5 Å². The number of rotatable bonds is 6. The Morgan fingerprint density at radius 2 is 1.74 bits per heavy atom. The van der Waals surface area contributed by atoms with Crippen molar-refractivity contribution in [2.75, 3.05) is 18.1 Å². The lowest BCUT2D eigenvalue weighted by molar-refractivity contribution is -0.135. The van der Waals surface area contributed by atoms with E-state index in [1.54, 1.807) is 6.20 Å². The molecule has 1 aromatic heterocycles. The fourth-order valence-corrected chi connectivity index (χ4v) is 8.55. The van der Waals surface area contributed by atoms with Crippen LogP contribution in [-0.2, 0) is 14.1 Å². The summed E-state index contributed by atoms with van der Waals surface area (Å²) in [5, 5.41) is 11.8. The van der Waals surface area contributed by atoms with Crippen molar-refractivity contribution in [3.05, 3.63) is 36.3 Å². The molecule has 0 saturated carbocycles. The minimum Gasteiger partial charge on any atom is -0.465 e. The first-order valence-electron chi connectivity index (χ1n) is 13.4. The maximum Gasteiger partial charge on any atom is 0.494 e. The van der Waals surface area contributed by atoms with Crippen molar-refractivity contribution in [3.8, 4) is 11.3 Å². The predicted molar refractivity (Wildman–Crippen MR) is 156 cm³/mol. The summed E-state index contributed by atoms with van der Waals surface area (Å²) in [6.07, 6.45) is 1.37. The first kappa shape index (κ1) is 28.4. The van der Waals surface area contributed by atoms with Crippen LogP contribution in [0.15, 0.2) is 30.5 Å². The van der Waals surface area contributed by atoms with E-state index in [-0.39, 0.29) is 21.9 Å². The first-order valence-corrected chi connectivity index (χ1v) is 15.4. The number of aromatic amines is 1. The van der Waals surface area contributed by atoms with Gasteiger partial charge in [0.15, 0.2) is 0 Å². The number of nitrogens with one attached hydrogen (secondary N) is 2. The number of carboxylic acid groups (broad SMARTS) is 1. The largest absolute Gasteiger partial charge is 0.494 e. The number of imidazole rings is 1. The van der Waals surface area contributed by atoms with E-state index in [1.807, 2.05) is 94.2 Å². The molecule has 2 aromatic rings. The lowest BCUT2D eigenvalue weighted by atomic mass is 9.79. The highest BCUT2D eigenvalue weighted by Crippen LogP contribution is 2.55. The zero-order valence-electron chi connectivity index (χ0n) is 23.3. The van der Waals surface area contributed by atoms with Gasteiger partial charge in [-0.25, -0.2) is 9.78 Å². The summed E-state index contributed by atoms with van der Waals surface area (Å²) in [5.74, 6) is 2.42. The van der Waals surface area contributed by atoms with Gasteiger partial charge in [-0.15, -0.1) is 23.5 Å². The number of amides is 2. The Morgan fingerprint density at radius 1 is 1.13 bits per heavy atom. The zero-order valence-corrected chi connectivity index (χ0v) is 24.9. The smallest absolute Gasteiger partial charge is 0.465 e. The van der Waals surface area contributed by atoms with Crippen LogP contribution in [0.1, 0.15) is 59.8 Å². The van der Waals surface area contributed by atoms with Crippen LogP contribution >= 0.6 is 23.5 Å². The molecule has 5 rings (SSSR count). The number of carbonyl (C=O) groups excluding carboxylic acids is 1. The number of hydrogen-bond acceptors (Lipinski definition) is 7. The predicted octanol–water partition coefficient (Wildman–Crippen LogP) is 4.12. The molecule has 12 heteroatoms. The van der Waals surface area contributed by atoms with Crippen molar-refractivity contribution in [3.63, 3.8) is 0 Å². The van der Waals surface area contributed by atoms with Gasteiger partial charge in [-0.1, -0.05) is 38.1 Å². The monoisotopic (exact) mass is 572 g/mol. The molecule has 3 saturated heterocycles. The van der Waals surface area contributed by atoms with Gasteiger partial charge < -0.3 is 29.6 Å². The molecule has 9 nitrogen and oxygen atoms in total. The average molecular weight is 573 g/mol. The summed E-state index contributed by atoms with van der Waals surface area (Å²) >= 11 is 3.78. The maximum absolute atomic E-state index is 13.7. The molecule has 3 aliphatic rings. The van der Waals surface area contributed by atoms with Crippen LogP contribution in [0.2, 0.25) is 0 Å². The Hall–Kier alpha value is -2.15. The van der Waals surface area contributed by atoms with Gasteiger partial charge in [0, 0.05) is 24.5 Å². The molecule has 3 fully saturated rings. The summed E-state index contributed by atoms with van der Waals surface area (Å²) < 4.78 is 12.3. The highest BCUT2D eigenvalue weighted by atomic mass is 32.2. The lowest BCUT2D eigenvalue weighted by Gasteiger charge is -2.32. The number of aromatic nitrogens is 2. The molecule has 2 unspecified atom stereocenters. The summed E-state index contributed by atoms with van der Waals surface area (Å²) in [6.45, 7) is 12.4. The molecule has 3 N–H and O–H groups in total. The Labute approximate surface area is 238 Å². The molecular weight excluding hydrogens is 535 g/mol. The number of nitrogens with zero attached hydrogens (tertiary/aromatic N) is 2. The van der Waals surface area contributed by atoms with Crippen molar-refractivity contribution in [1.82, 2.24) is 20.2 Å². The number of carbonyl (C=O) groups is 2. The standard InChI is InChI=1S/C27H37BN4O5S2/c1-16(2)21(31-24(34)35)23(33)32-15-27(38-11-12-39-27)13-20(32)22-29-14-19(30-22)17-7-9-18(10-8-17)28-36-25(3,4)26(5,6)37-28/h7-10,14,16,20-21,31H,11-13,15H2,1-6H3,(H,29,30)(H,34,35). The van der Waals surface area contributed by atoms with Gasteiger partial charge >= 0.3 is 13.2 Å². The van der Waals surface area contributed by atoms with E-state index in [4.69, 9.17) is 14.3 Å². The van der Waals surface area contributed by atoms with Gasteiger partial charge in [-0.05, 0) is 44.6 Å². The van der Waals surface area contributed by atoms with Crippen molar-refractivity contribution >= 4 is 48.1 Å². The van der Waals surface area contributed by atoms with E-state index in [1.165, 1.54) is 0 Å². The minimum absolute atomic E-state index is 0.0947. The van der Waals surface area contributed by atoms with Gasteiger partial charge in [-0.2, -0.15) is 0 Å². The van der Waals surface area contributed by atoms with E-state index in [2.05, 4.69) is 10.3 Å². The Bertz CT molecular complexity index is 1210. The van der Waals surface area contributed by atoms with E-state index >= 15 is 0 Å². The summed E-state index contributed by atoms with van der Waals surface area (Å²) in [6, 6.07) is 6.98. The van der Waals surface area contributed by atoms with Crippen molar-refractivity contribution in [2.45, 2.75) is 75.3 Å². The molecule has 1 aromatic carbocycles. The minimum atomic E-state index is -1.19. The van der Waals surface area contributed by atoms with Crippen molar-refractivity contribution in [1.29, 1.82) is 0 Å². The second-order valence-electron chi connectivity index (χ2n) is 11.9. The second-order valence-corrected chi connectivity index (χ2v) is 15.1. The first-order chi connectivity index (χ1) is 18.3. The molecule has 39 heavy (non-hydrogen) atoms. The number of H-pyrrole nitrogens is 1. The van der Waals surface area contributed by atoms with Crippen molar-refractivity contribution in [2.24, 2.45) is 5.92 Å². The Kier molecular flexibility index (Phi) is 7.54. The molecular formula is C27H37BN4O5S2. The highest BCUT2D eigenvalue weighted by Gasteiger charge is 2.52. The Balaban J connectivity index is 1.37. The van der Waals surface area contributed by atoms with Gasteiger partial charge in [0.1, 0.15) is 11.9 Å². The van der Waals surface area contributed by atoms with Crippen LogP contribution in [0.4, 0.5) is 4.79 Å². The summed E-state index contributed by atoms with van der Waals surface area (Å²) in [7, 11) is -0.426. The third-order valence-corrected chi connectivity index (χ3v) is 11.7. The third-order valence-electron chi connectivity index (χ3n) is 8.26. The van der Waals surface area contributed by atoms with Crippen molar-refractivity contribution < 1.29 is 24.0 Å². The van der Waals surface area contributed by atoms with Crippen LogP contribution in [0, 0.1) is 5.92 Å². The zero-order chi connectivity index (χ0) is 28.2. The van der Waals surface area contributed by atoms with Crippen LogP contribution in [0.5, 0.6) is 0 Å². The van der Waals surface area contributed by atoms with Crippen LogP contribution < -0.4 is 10.8 Å². The van der Waals surface area contributed by atoms with Crippen LogP contribution in [0.3, 0.4) is 0 Å². The lowest BCUT2D eigenvalue weighted by Crippen LogP contribution is -2.51. The van der Waals surface area contributed by atoms with Gasteiger partial charge in [0.05, 0.1) is 33.2 Å². The number of likely N-dealkylation sites (tertiary alicyclic amines) is 1. The summed E-state index contributed by atoms with van der Waals surface area (Å²) in [4.78, 5) is 35.1. The van der Waals surface area contributed by atoms with E-state index in [0.29, 0.717) is 6.54 Å².